The van der Waals surface area contributed by atoms with Gasteiger partial charge < -0.3 is 10.2 Å². The lowest BCUT2D eigenvalue weighted by atomic mass is 10.1. The second kappa shape index (κ2) is 7.33. The van der Waals surface area contributed by atoms with Crippen molar-refractivity contribution in [3.63, 3.8) is 0 Å². The zero-order valence-electron chi connectivity index (χ0n) is 11.7. The van der Waals surface area contributed by atoms with Crippen LogP contribution < -0.4 is 10.2 Å². The van der Waals surface area contributed by atoms with E-state index in [1.807, 2.05) is 0 Å². The van der Waals surface area contributed by atoms with Gasteiger partial charge in [0.05, 0.1) is 0 Å². The highest BCUT2D eigenvalue weighted by molar-refractivity contribution is 5.53. The number of benzene rings is 1. The SMILES string of the molecule is CCCNCc1ccc(N(C)CCC)c(C)c1. The molecule has 0 saturated heterocycles. The van der Waals surface area contributed by atoms with Crippen LogP contribution in [0.4, 0.5) is 5.69 Å². The molecule has 0 unspecified atom stereocenters. The third kappa shape index (κ3) is 4.39. The highest BCUT2D eigenvalue weighted by Crippen LogP contribution is 2.20. The number of nitrogens with zero attached hydrogens (tertiary/aromatic N) is 1. The van der Waals surface area contributed by atoms with Crippen LogP contribution in [0.2, 0.25) is 0 Å². The molecule has 1 aromatic carbocycles. The summed E-state index contributed by atoms with van der Waals surface area (Å²) in [7, 11) is 2.17. The lowest BCUT2D eigenvalue weighted by molar-refractivity contribution is 0.675. The molecule has 17 heavy (non-hydrogen) atoms. The van der Waals surface area contributed by atoms with Crippen molar-refractivity contribution in [2.45, 2.75) is 40.2 Å². The highest BCUT2D eigenvalue weighted by Gasteiger charge is 2.04. The number of rotatable bonds is 7. The molecule has 0 bridgehead atoms. The van der Waals surface area contributed by atoms with E-state index in [0.717, 1.165) is 19.6 Å². The molecule has 2 heteroatoms. The Morgan fingerprint density at radius 3 is 2.53 bits per heavy atom. The molecule has 0 saturated carbocycles. The summed E-state index contributed by atoms with van der Waals surface area (Å²) in [5.41, 5.74) is 4.10. The smallest absolute Gasteiger partial charge is 0.0393 e. The average Bonchev–Trinajstić information content (AvgIpc) is 2.29. The van der Waals surface area contributed by atoms with Crippen molar-refractivity contribution in [3.8, 4) is 0 Å². The zero-order valence-corrected chi connectivity index (χ0v) is 11.7. The molecule has 0 atom stereocenters. The molecule has 0 amide bonds. The van der Waals surface area contributed by atoms with Gasteiger partial charge in [0.15, 0.2) is 0 Å². The maximum atomic E-state index is 3.44. The predicted molar refractivity (Wildman–Crippen MR) is 76.7 cm³/mol. The Labute approximate surface area is 106 Å². The van der Waals surface area contributed by atoms with Crippen LogP contribution in [-0.4, -0.2) is 20.1 Å². The Bertz CT molecular complexity index is 334. The van der Waals surface area contributed by atoms with Crippen molar-refractivity contribution >= 4 is 5.69 Å². The van der Waals surface area contributed by atoms with E-state index in [2.05, 4.69) is 56.2 Å². The van der Waals surface area contributed by atoms with Crippen molar-refractivity contribution < 1.29 is 0 Å². The van der Waals surface area contributed by atoms with Gasteiger partial charge in [0.1, 0.15) is 0 Å². The molecule has 0 aliphatic heterocycles. The third-order valence-electron chi connectivity index (χ3n) is 2.99. The standard InChI is InChI=1S/C15H26N2/c1-5-9-16-12-14-7-8-15(13(3)11-14)17(4)10-6-2/h7-8,11,16H,5-6,9-10,12H2,1-4H3. The Hall–Kier alpha value is -1.02. The zero-order chi connectivity index (χ0) is 12.7. The third-order valence-corrected chi connectivity index (χ3v) is 2.99. The first-order valence-electron chi connectivity index (χ1n) is 6.70. The summed E-state index contributed by atoms with van der Waals surface area (Å²) in [5, 5.41) is 3.44. The van der Waals surface area contributed by atoms with Crippen molar-refractivity contribution in [1.82, 2.24) is 5.32 Å². The number of aryl methyl sites for hydroxylation is 1. The molecule has 0 aromatic heterocycles. The first-order chi connectivity index (χ1) is 8.19. The van der Waals surface area contributed by atoms with Crippen LogP contribution in [-0.2, 0) is 6.54 Å². The molecule has 0 spiro atoms. The van der Waals surface area contributed by atoms with Gasteiger partial charge in [-0.05, 0) is 43.5 Å². The fraction of sp³-hybridized carbons (Fsp3) is 0.600. The van der Waals surface area contributed by atoms with Crippen LogP contribution in [0.25, 0.3) is 0 Å². The van der Waals surface area contributed by atoms with Crippen LogP contribution in [0, 0.1) is 6.92 Å². The monoisotopic (exact) mass is 234 g/mol. The topological polar surface area (TPSA) is 15.3 Å². The molecule has 1 rings (SSSR count). The molecular weight excluding hydrogens is 208 g/mol. The highest BCUT2D eigenvalue weighted by atomic mass is 15.1. The van der Waals surface area contributed by atoms with E-state index in [4.69, 9.17) is 0 Å². The molecule has 0 aliphatic rings. The molecule has 1 N–H and O–H groups in total. The van der Waals surface area contributed by atoms with E-state index in [-0.39, 0.29) is 0 Å². The number of nitrogens with one attached hydrogen (secondary N) is 1. The normalized spacial score (nSPS) is 10.6. The van der Waals surface area contributed by atoms with Gasteiger partial charge >= 0.3 is 0 Å². The molecule has 0 radical (unpaired) electrons. The van der Waals surface area contributed by atoms with E-state index < -0.39 is 0 Å². The minimum atomic E-state index is 0.979. The fourth-order valence-corrected chi connectivity index (χ4v) is 2.12. The average molecular weight is 234 g/mol. The molecule has 1 aromatic rings. The molecule has 0 heterocycles. The maximum absolute atomic E-state index is 3.44. The van der Waals surface area contributed by atoms with Gasteiger partial charge in [-0.2, -0.15) is 0 Å². The Morgan fingerprint density at radius 2 is 1.94 bits per heavy atom. The summed E-state index contributed by atoms with van der Waals surface area (Å²) < 4.78 is 0. The first kappa shape index (κ1) is 14.0. The number of anilines is 1. The molecular formula is C15H26N2. The van der Waals surface area contributed by atoms with Gasteiger partial charge in [0.2, 0.25) is 0 Å². The van der Waals surface area contributed by atoms with Gasteiger partial charge in [0.25, 0.3) is 0 Å². The Balaban J connectivity index is 2.65. The molecule has 0 fully saturated rings. The van der Waals surface area contributed by atoms with E-state index in [1.54, 1.807) is 0 Å². The summed E-state index contributed by atoms with van der Waals surface area (Å²) in [6, 6.07) is 6.77. The maximum Gasteiger partial charge on any atom is 0.0393 e. The van der Waals surface area contributed by atoms with E-state index in [1.165, 1.54) is 29.7 Å². The largest absolute Gasteiger partial charge is 0.374 e. The van der Waals surface area contributed by atoms with Crippen LogP contribution in [0.1, 0.15) is 37.8 Å². The van der Waals surface area contributed by atoms with E-state index >= 15 is 0 Å². The van der Waals surface area contributed by atoms with Crippen LogP contribution in [0.3, 0.4) is 0 Å². The van der Waals surface area contributed by atoms with Gasteiger partial charge in [-0.25, -0.2) is 0 Å². The molecule has 0 aliphatic carbocycles. The van der Waals surface area contributed by atoms with Crippen molar-refractivity contribution in [2.75, 3.05) is 25.0 Å². The second-order valence-electron chi connectivity index (χ2n) is 4.72. The van der Waals surface area contributed by atoms with Crippen LogP contribution in [0.15, 0.2) is 18.2 Å². The van der Waals surface area contributed by atoms with E-state index in [0.29, 0.717) is 0 Å². The quantitative estimate of drug-likeness (QED) is 0.728. The van der Waals surface area contributed by atoms with Crippen LogP contribution in [0.5, 0.6) is 0 Å². The molecule has 2 nitrogen and oxygen atoms in total. The summed E-state index contributed by atoms with van der Waals surface area (Å²) in [4.78, 5) is 2.33. The van der Waals surface area contributed by atoms with Crippen molar-refractivity contribution in [2.24, 2.45) is 0 Å². The van der Waals surface area contributed by atoms with Gasteiger partial charge in [-0.1, -0.05) is 26.0 Å². The molecule has 96 valence electrons. The van der Waals surface area contributed by atoms with Crippen molar-refractivity contribution in [3.05, 3.63) is 29.3 Å². The lowest BCUT2D eigenvalue weighted by Gasteiger charge is -2.21. The van der Waals surface area contributed by atoms with Gasteiger partial charge in [-0.3, -0.25) is 0 Å². The predicted octanol–water partition coefficient (Wildman–Crippen LogP) is 3.34. The first-order valence-corrected chi connectivity index (χ1v) is 6.70. The van der Waals surface area contributed by atoms with E-state index in [9.17, 15) is 0 Å². The second-order valence-corrected chi connectivity index (χ2v) is 4.72. The lowest BCUT2D eigenvalue weighted by Crippen LogP contribution is -2.19. The summed E-state index contributed by atoms with van der Waals surface area (Å²) >= 11 is 0. The summed E-state index contributed by atoms with van der Waals surface area (Å²) in [6.07, 6.45) is 2.38. The number of hydrogen-bond donors (Lipinski definition) is 1. The fourth-order valence-electron chi connectivity index (χ4n) is 2.12. The summed E-state index contributed by atoms with van der Waals surface area (Å²) in [5.74, 6) is 0. The minimum absolute atomic E-state index is 0.979. The summed E-state index contributed by atoms with van der Waals surface area (Å²) in [6.45, 7) is 9.80. The Morgan fingerprint density at radius 1 is 1.18 bits per heavy atom. The Kier molecular flexibility index (Phi) is 6.06. The number of hydrogen-bond acceptors (Lipinski definition) is 2. The van der Waals surface area contributed by atoms with Gasteiger partial charge in [-0.15, -0.1) is 0 Å². The van der Waals surface area contributed by atoms with Crippen molar-refractivity contribution in [1.29, 1.82) is 0 Å². The van der Waals surface area contributed by atoms with Crippen LogP contribution >= 0.6 is 0 Å². The van der Waals surface area contributed by atoms with Gasteiger partial charge in [0, 0.05) is 25.8 Å². The minimum Gasteiger partial charge on any atom is -0.374 e.